The van der Waals surface area contributed by atoms with E-state index in [0.717, 1.165) is 22.3 Å². The highest BCUT2D eigenvalue weighted by Crippen LogP contribution is 2.16. The van der Waals surface area contributed by atoms with Crippen molar-refractivity contribution in [2.24, 2.45) is 0 Å². The maximum Gasteiger partial charge on any atom is 0.240 e. The van der Waals surface area contributed by atoms with Crippen LogP contribution in [0.5, 0.6) is 0 Å². The molecule has 0 aliphatic rings. The fourth-order valence-corrected chi connectivity index (χ4v) is 3.97. The Morgan fingerprint density at radius 2 is 1.88 bits per heavy atom. The molecule has 2 heterocycles. The Bertz CT molecular complexity index is 973. The highest BCUT2D eigenvalue weighted by Gasteiger charge is 2.17. The van der Waals surface area contributed by atoms with E-state index in [-0.39, 0.29) is 11.4 Å². The predicted octanol–water partition coefficient (Wildman–Crippen LogP) is 2.55. The maximum atomic E-state index is 12.6. The van der Waals surface area contributed by atoms with Crippen molar-refractivity contribution >= 4 is 21.2 Å². The fourth-order valence-electron chi connectivity index (χ4n) is 2.80. The molecule has 1 aromatic carbocycles. The summed E-state index contributed by atoms with van der Waals surface area (Å²) in [5.41, 5.74) is 3.36. The second kappa shape index (κ2) is 6.33. The van der Waals surface area contributed by atoms with Gasteiger partial charge in [-0.2, -0.15) is 0 Å². The normalized spacial score (nSPS) is 12.0. The average Bonchev–Trinajstić information content (AvgIpc) is 2.89. The lowest BCUT2D eigenvalue weighted by molar-refractivity contribution is 0.575. The minimum Gasteiger partial charge on any atom is -0.312 e. The lowest BCUT2D eigenvalue weighted by Crippen LogP contribution is -2.25. The van der Waals surface area contributed by atoms with E-state index in [1.165, 1.54) is 0 Å². The number of pyridine rings is 1. The first-order valence-corrected chi connectivity index (χ1v) is 9.27. The fraction of sp³-hybridized carbons (Fsp3) is 0.294. The summed E-state index contributed by atoms with van der Waals surface area (Å²) in [6.45, 7) is 6.55. The zero-order valence-corrected chi connectivity index (χ0v) is 14.8. The van der Waals surface area contributed by atoms with Crippen molar-refractivity contribution in [2.45, 2.75) is 38.8 Å². The number of aromatic nitrogens is 3. The minimum atomic E-state index is -3.59. The van der Waals surface area contributed by atoms with Crippen LogP contribution in [-0.4, -0.2) is 23.0 Å². The molecule has 0 saturated carbocycles. The highest BCUT2D eigenvalue weighted by atomic mass is 32.2. The van der Waals surface area contributed by atoms with Crippen molar-refractivity contribution < 1.29 is 8.42 Å². The topological polar surface area (TPSA) is 76.9 Å². The lowest BCUT2D eigenvalue weighted by atomic mass is 10.2. The van der Waals surface area contributed by atoms with Gasteiger partial charge in [-0.05, 0) is 56.2 Å². The summed E-state index contributed by atoms with van der Waals surface area (Å²) >= 11 is 0. The average molecular weight is 344 g/mol. The lowest BCUT2D eigenvalue weighted by Gasteiger charge is -2.09. The van der Waals surface area contributed by atoms with Gasteiger partial charge >= 0.3 is 0 Å². The number of sulfonamides is 1. The Kier molecular flexibility index (Phi) is 4.38. The third-order valence-electron chi connectivity index (χ3n) is 3.82. The number of imidazole rings is 1. The Labute approximate surface area is 141 Å². The van der Waals surface area contributed by atoms with Crippen LogP contribution in [0.4, 0.5) is 0 Å². The van der Waals surface area contributed by atoms with Crippen molar-refractivity contribution in [3.05, 3.63) is 53.5 Å². The minimum absolute atomic E-state index is 0.125. The molecule has 3 aromatic rings. The van der Waals surface area contributed by atoms with Crippen LogP contribution < -0.4 is 4.72 Å². The van der Waals surface area contributed by atoms with Gasteiger partial charge in [-0.1, -0.05) is 6.07 Å². The number of hydrogen-bond donors (Lipinski definition) is 1. The third kappa shape index (κ3) is 3.18. The van der Waals surface area contributed by atoms with E-state index in [4.69, 9.17) is 0 Å². The first-order valence-electron chi connectivity index (χ1n) is 7.79. The number of nitrogens with one attached hydrogen (secondary N) is 1. The van der Waals surface area contributed by atoms with Gasteiger partial charge in [0.1, 0.15) is 11.3 Å². The molecule has 0 unspecified atom stereocenters. The first-order chi connectivity index (χ1) is 11.4. The Morgan fingerprint density at radius 1 is 1.17 bits per heavy atom. The van der Waals surface area contributed by atoms with Gasteiger partial charge in [0, 0.05) is 12.7 Å². The summed E-state index contributed by atoms with van der Waals surface area (Å²) in [7, 11) is -3.59. The molecule has 7 heteroatoms. The van der Waals surface area contributed by atoms with E-state index in [1.807, 2.05) is 43.5 Å². The van der Waals surface area contributed by atoms with Crippen LogP contribution in [0.3, 0.4) is 0 Å². The number of hydrogen-bond acceptors (Lipinski definition) is 4. The molecule has 0 spiro atoms. The van der Waals surface area contributed by atoms with E-state index < -0.39 is 10.0 Å². The van der Waals surface area contributed by atoms with Crippen LogP contribution in [0.1, 0.15) is 23.9 Å². The van der Waals surface area contributed by atoms with Crippen molar-refractivity contribution in [1.82, 2.24) is 19.3 Å². The Hall–Kier alpha value is -2.25. The van der Waals surface area contributed by atoms with Gasteiger partial charge in [-0.15, -0.1) is 0 Å². The quantitative estimate of drug-likeness (QED) is 0.772. The molecule has 0 atom stereocenters. The molecule has 6 nitrogen and oxygen atoms in total. The molecule has 2 aromatic heterocycles. The predicted molar refractivity (Wildman–Crippen MR) is 93.1 cm³/mol. The SMILES string of the molecule is CCn1c(CNS(=O)(=O)c2cc(C)cc(C)c2)nc2cccnc21. The number of nitrogens with zero attached hydrogens (tertiary/aromatic N) is 3. The van der Waals surface area contributed by atoms with Crippen molar-refractivity contribution in [3.63, 3.8) is 0 Å². The van der Waals surface area contributed by atoms with Crippen molar-refractivity contribution in [2.75, 3.05) is 0 Å². The summed E-state index contributed by atoms with van der Waals surface area (Å²) in [6.07, 6.45) is 1.71. The van der Waals surface area contributed by atoms with Crippen LogP contribution >= 0.6 is 0 Å². The van der Waals surface area contributed by atoms with Crippen LogP contribution in [0.2, 0.25) is 0 Å². The third-order valence-corrected chi connectivity index (χ3v) is 5.21. The summed E-state index contributed by atoms with van der Waals surface area (Å²) in [5.74, 6) is 0.652. The van der Waals surface area contributed by atoms with Gasteiger partial charge in [0.05, 0.1) is 11.4 Å². The molecule has 24 heavy (non-hydrogen) atoms. The molecule has 0 saturated heterocycles. The van der Waals surface area contributed by atoms with Gasteiger partial charge in [-0.3, -0.25) is 0 Å². The van der Waals surface area contributed by atoms with Crippen molar-refractivity contribution in [1.29, 1.82) is 0 Å². The molecule has 0 bridgehead atoms. The summed E-state index contributed by atoms with van der Waals surface area (Å²) in [5, 5.41) is 0. The Morgan fingerprint density at radius 3 is 2.54 bits per heavy atom. The molecule has 0 aliphatic heterocycles. The van der Waals surface area contributed by atoms with E-state index in [1.54, 1.807) is 18.3 Å². The second-order valence-corrected chi connectivity index (χ2v) is 7.53. The summed E-state index contributed by atoms with van der Waals surface area (Å²) in [6, 6.07) is 8.97. The molecule has 126 valence electrons. The summed E-state index contributed by atoms with van der Waals surface area (Å²) in [4.78, 5) is 9.09. The standard InChI is InChI=1S/C17H20N4O2S/c1-4-21-16(20-15-6-5-7-18-17(15)21)11-19-24(22,23)14-9-12(2)8-13(3)10-14/h5-10,19H,4,11H2,1-3H3. The molecule has 3 rings (SSSR count). The van der Waals surface area contributed by atoms with E-state index in [2.05, 4.69) is 14.7 Å². The number of rotatable bonds is 5. The molecule has 0 aliphatic carbocycles. The molecule has 0 amide bonds. The zero-order chi connectivity index (χ0) is 17.3. The molecule has 1 N–H and O–H groups in total. The first kappa shape index (κ1) is 16.6. The number of aryl methyl sites for hydroxylation is 3. The highest BCUT2D eigenvalue weighted by molar-refractivity contribution is 7.89. The largest absolute Gasteiger partial charge is 0.312 e. The zero-order valence-electron chi connectivity index (χ0n) is 13.9. The second-order valence-electron chi connectivity index (χ2n) is 5.77. The molecule has 0 fully saturated rings. The van der Waals surface area contributed by atoms with Gasteiger partial charge in [0.2, 0.25) is 10.0 Å². The van der Waals surface area contributed by atoms with E-state index in [0.29, 0.717) is 12.4 Å². The Balaban J connectivity index is 1.90. The molecular formula is C17H20N4O2S. The number of benzene rings is 1. The molecular weight excluding hydrogens is 324 g/mol. The van der Waals surface area contributed by atoms with Gasteiger partial charge in [-0.25, -0.2) is 23.1 Å². The molecule has 0 radical (unpaired) electrons. The van der Waals surface area contributed by atoms with Crippen molar-refractivity contribution in [3.8, 4) is 0 Å². The van der Waals surface area contributed by atoms with Crippen LogP contribution in [0.15, 0.2) is 41.4 Å². The summed E-state index contributed by atoms with van der Waals surface area (Å²) < 4.78 is 29.7. The number of fused-ring (bicyclic) bond motifs is 1. The van der Waals surface area contributed by atoms with Crippen LogP contribution in [0.25, 0.3) is 11.2 Å². The van der Waals surface area contributed by atoms with Gasteiger partial charge in [0.15, 0.2) is 5.65 Å². The van der Waals surface area contributed by atoms with Crippen LogP contribution in [-0.2, 0) is 23.1 Å². The maximum absolute atomic E-state index is 12.6. The van der Waals surface area contributed by atoms with Gasteiger partial charge in [0.25, 0.3) is 0 Å². The smallest absolute Gasteiger partial charge is 0.240 e. The van der Waals surface area contributed by atoms with E-state index in [9.17, 15) is 8.42 Å². The van der Waals surface area contributed by atoms with Gasteiger partial charge < -0.3 is 4.57 Å². The van der Waals surface area contributed by atoms with Crippen LogP contribution in [0, 0.1) is 13.8 Å². The van der Waals surface area contributed by atoms with E-state index >= 15 is 0 Å². The monoisotopic (exact) mass is 344 g/mol.